The molecule has 4 amide bonds. The van der Waals surface area contributed by atoms with Crippen LogP contribution < -0.4 is 15.0 Å². The van der Waals surface area contributed by atoms with E-state index in [1.54, 1.807) is 29.0 Å². The molecule has 36 heavy (non-hydrogen) atoms. The van der Waals surface area contributed by atoms with Crippen molar-refractivity contribution in [2.45, 2.75) is 19.5 Å². The lowest BCUT2D eigenvalue weighted by atomic mass is 10.1. The van der Waals surface area contributed by atoms with Gasteiger partial charge in [0.2, 0.25) is 5.91 Å². The first-order chi connectivity index (χ1) is 17.3. The maximum atomic E-state index is 13.6. The first-order valence-corrected chi connectivity index (χ1v) is 12.0. The topological polar surface area (TPSA) is 123 Å². The van der Waals surface area contributed by atoms with Gasteiger partial charge in [-0.25, -0.2) is 4.79 Å². The fourth-order valence-corrected chi connectivity index (χ4v) is 4.15. The molecular weight excluding hydrogens is 488 g/mol. The predicted octanol–water partition coefficient (Wildman–Crippen LogP) is 1.72. The largest absolute Gasteiger partial charge is 0.491 e. The van der Waals surface area contributed by atoms with Crippen molar-refractivity contribution in [1.82, 2.24) is 15.1 Å². The van der Waals surface area contributed by atoms with Gasteiger partial charge in [-0.15, -0.1) is 0 Å². The highest BCUT2D eigenvalue weighted by Gasteiger charge is 2.32. The van der Waals surface area contributed by atoms with E-state index in [0.717, 1.165) is 5.56 Å². The van der Waals surface area contributed by atoms with Crippen LogP contribution in [0.15, 0.2) is 42.5 Å². The number of rotatable bonds is 8. The minimum absolute atomic E-state index is 0.113. The van der Waals surface area contributed by atoms with E-state index in [-0.39, 0.29) is 74.4 Å². The summed E-state index contributed by atoms with van der Waals surface area (Å²) in [5, 5.41) is 20.8. The number of benzene rings is 2. The zero-order valence-electron chi connectivity index (χ0n) is 20.3. The van der Waals surface area contributed by atoms with Gasteiger partial charge in [0, 0.05) is 38.4 Å². The summed E-state index contributed by atoms with van der Waals surface area (Å²) in [6.07, 6.45) is 0. The van der Waals surface area contributed by atoms with Gasteiger partial charge in [0.1, 0.15) is 12.4 Å². The summed E-state index contributed by atoms with van der Waals surface area (Å²) in [6.45, 7) is 2.07. The first-order valence-electron chi connectivity index (χ1n) is 11.6. The molecular formula is C25H31ClN4O6. The van der Waals surface area contributed by atoms with Crippen LogP contribution in [0.25, 0.3) is 0 Å². The van der Waals surface area contributed by atoms with Crippen molar-refractivity contribution in [3.8, 4) is 5.75 Å². The van der Waals surface area contributed by atoms with E-state index in [0.29, 0.717) is 11.4 Å². The number of nitrogens with zero attached hydrogens (tertiary/aromatic N) is 3. The minimum Gasteiger partial charge on any atom is -0.491 e. The molecule has 2 aromatic rings. The van der Waals surface area contributed by atoms with E-state index in [2.05, 4.69) is 5.32 Å². The molecule has 1 heterocycles. The molecule has 1 aliphatic heterocycles. The van der Waals surface area contributed by atoms with E-state index >= 15 is 0 Å². The van der Waals surface area contributed by atoms with Gasteiger partial charge in [-0.05, 0) is 36.8 Å². The number of halogens is 1. The van der Waals surface area contributed by atoms with Crippen molar-refractivity contribution < 1.29 is 29.3 Å². The molecule has 2 aromatic carbocycles. The number of nitrogens with one attached hydrogen (secondary N) is 1. The smallest absolute Gasteiger partial charge is 0.318 e. The molecule has 3 rings (SSSR count). The van der Waals surface area contributed by atoms with Gasteiger partial charge in [0.05, 0.1) is 30.3 Å². The second-order valence-corrected chi connectivity index (χ2v) is 8.84. The van der Waals surface area contributed by atoms with Crippen molar-refractivity contribution in [2.75, 3.05) is 51.4 Å². The van der Waals surface area contributed by atoms with Crippen LogP contribution in [0, 0.1) is 0 Å². The lowest BCUT2D eigenvalue weighted by molar-refractivity contribution is -0.129. The number of hydrogen-bond acceptors (Lipinski definition) is 6. The predicted molar refractivity (Wildman–Crippen MR) is 135 cm³/mol. The first kappa shape index (κ1) is 27.3. The molecule has 3 N–H and O–H groups in total. The van der Waals surface area contributed by atoms with Crippen LogP contribution in [0.2, 0.25) is 5.02 Å². The van der Waals surface area contributed by atoms with Crippen LogP contribution in [0.3, 0.4) is 0 Å². The average Bonchev–Trinajstić information content (AvgIpc) is 3.02. The molecule has 0 saturated carbocycles. The SMILES string of the molecule is C[C@@H]1CN(C(=O)c2ccc(OCCO)cc2Cl)c2ccccc2CN1C(=O)NCC(=O)N(C)CCO. The Kier molecular flexibility index (Phi) is 9.51. The maximum absolute atomic E-state index is 13.6. The number of hydrogen-bond donors (Lipinski definition) is 3. The average molecular weight is 519 g/mol. The van der Waals surface area contributed by atoms with E-state index < -0.39 is 6.03 Å². The lowest BCUT2D eigenvalue weighted by Gasteiger charge is -2.29. The van der Waals surface area contributed by atoms with Crippen molar-refractivity contribution in [3.05, 3.63) is 58.6 Å². The van der Waals surface area contributed by atoms with Crippen LogP contribution in [-0.2, 0) is 11.3 Å². The van der Waals surface area contributed by atoms with Gasteiger partial charge in [-0.2, -0.15) is 0 Å². The highest BCUT2D eigenvalue weighted by Crippen LogP contribution is 2.31. The van der Waals surface area contributed by atoms with Crippen molar-refractivity contribution in [1.29, 1.82) is 0 Å². The standard InChI is InChI=1S/C25H31ClN4O6/c1-17-15-30(24(34)20-8-7-19(13-21(20)26)36-12-11-32)22-6-4-3-5-18(22)16-29(17)25(35)27-14-23(33)28(2)9-10-31/h3-8,13,17,31-32H,9-12,14-16H2,1-2H3,(H,27,35)/t17-/m1/s1. The third-order valence-electron chi connectivity index (χ3n) is 5.89. The fourth-order valence-electron chi connectivity index (χ4n) is 3.90. The molecule has 10 nitrogen and oxygen atoms in total. The minimum atomic E-state index is -0.430. The molecule has 0 unspecified atom stereocenters. The van der Waals surface area contributed by atoms with Crippen LogP contribution in [0.1, 0.15) is 22.8 Å². The molecule has 0 spiro atoms. The Balaban J connectivity index is 1.81. The Labute approximate surface area is 215 Å². The van der Waals surface area contributed by atoms with Gasteiger partial charge >= 0.3 is 6.03 Å². The fraction of sp³-hybridized carbons (Fsp3) is 0.400. The number of carbonyl (C=O) groups excluding carboxylic acids is 3. The second-order valence-electron chi connectivity index (χ2n) is 8.43. The molecule has 0 fully saturated rings. The van der Waals surface area contributed by atoms with Gasteiger partial charge in [0.15, 0.2) is 0 Å². The summed E-state index contributed by atoms with van der Waals surface area (Å²) in [5.74, 6) is -0.202. The number of fused-ring (bicyclic) bond motifs is 1. The molecule has 0 radical (unpaired) electrons. The number of ether oxygens (including phenoxy) is 1. The van der Waals surface area contributed by atoms with Gasteiger partial charge in [-0.3, -0.25) is 9.59 Å². The number of carbonyl (C=O) groups is 3. The van der Waals surface area contributed by atoms with Crippen LogP contribution >= 0.6 is 11.6 Å². The van der Waals surface area contributed by atoms with Gasteiger partial charge < -0.3 is 35.0 Å². The van der Waals surface area contributed by atoms with E-state index in [1.807, 2.05) is 31.2 Å². The highest BCUT2D eigenvalue weighted by molar-refractivity contribution is 6.34. The van der Waals surface area contributed by atoms with E-state index in [1.165, 1.54) is 11.0 Å². The van der Waals surface area contributed by atoms with E-state index in [9.17, 15) is 14.4 Å². The molecule has 1 aliphatic rings. The third kappa shape index (κ3) is 6.45. The zero-order valence-corrected chi connectivity index (χ0v) is 21.1. The number of amides is 4. The van der Waals surface area contributed by atoms with Crippen LogP contribution in [-0.4, -0.2) is 90.4 Å². The number of para-hydroxylation sites is 1. The monoisotopic (exact) mass is 518 g/mol. The number of aliphatic hydroxyl groups is 2. The normalized spacial score (nSPS) is 15.1. The quantitative estimate of drug-likeness (QED) is 0.489. The summed E-state index contributed by atoms with van der Waals surface area (Å²) < 4.78 is 5.37. The Morgan fingerprint density at radius 3 is 2.61 bits per heavy atom. The van der Waals surface area contributed by atoms with Gasteiger partial charge in [0.25, 0.3) is 5.91 Å². The van der Waals surface area contributed by atoms with Gasteiger partial charge in [-0.1, -0.05) is 29.8 Å². The molecule has 194 valence electrons. The second kappa shape index (κ2) is 12.6. The zero-order chi connectivity index (χ0) is 26.2. The lowest BCUT2D eigenvalue weighted by Crippen LogP contribution is -2.50. The summed E-state index contributed by atoms with van der Waals surface area (Å²) in [7, 11) is 1.55. The highest BCUT2D eigenvalue weighted by atomic mass is 35.5. The summed E-state index contributed by atoms with van der Waals surface area (Å²) >= 11 is 6.41. The summed E-state index contributed by atoms with van der Waals surface area (Å²) in [4.78, 5) is 43.3. The number of aliphatic hydroxyl groups excluding tert-OH is 2. The molecule has 11 heteroatoms. The Morgan fingerprint density at radius 2 is 1.92 bits per heavy atom. The van der Waals surface area contributed by atoms with Crippen molar-refractivity contribution in [2.24, 2.45) is 0 Å². The summed E-state index contributed by atoms with van der Waals surface area (Å²) in [6, 6.07) is 11.2. The molecule has 1 atom stereocenters. The molecule has 0 bridgehead atoms. The maximum Gasteiger partial charge on any atom is 0.318 e. The third-order valence-corrected chi connectivity index (χ3v) is 6.20. The number of likely N-dealkylation sites (N-methyl/N-ethyl adjacent to an activating group) is 1. The Hall–Kier alpha value is -3.34. The van der Waals surface area contributed by atoms with Crippen LogP contribution in [0.4, 0.5) is 10.5 Å². The Bertz CT molecular complexity index is 1100. The Morgan fingerprint density at radius 1 is 1.17 bits per heavy atom. The van der Waals surface area contributed by atoms with E-state index in [4.69, 9.17) is 26.6 Å². The van der Waals surface area contributed by atoms with Crippen LogP contribution in [0.5, 0.6) is 5.75 Å². The van der Waals surface area contributed by atoms with Crippen molar-refractivity contribution >= 4 is 35.1 Å². The molecule has 0 aliphatic carbocycles. The summed E-state index contributed by atoms with van der Waals surface area (Å²) in [5.41, 5.74) is 1.72. The number of urea groups is 1. The molecule has 0 aromatic heterocycles. The van der Waals surface area contributed by atoms with Crippen molar-refractivity contribution in [3.63, 3.8) is 0 Å². The molecule has 0 saturated heterocycles. The number of anilines is 1.